The summed E-state index contributed by atoms with van der Waals surface area (Å²) in [6, 6.07) is 20.4. The van der Waals surface area contributed by atoms with Crippen molar-refractivity contribution in [3.05, 3.63) is 93.5 Å². The molecule has 0 spiro atoms. The van der Waals surface area contributed by atoms with Gasteiger partial charge in [-0.3, -0.25) is 9.59 Å². The van der Waals surface area contributed by atoms with E-state index in [0.29, 0.717) is 17.9 Å². The Morgan fingerprint density at radius 2 is 1.61 bits per heavy atom. The van der Waals surface area contributed by atoms with E-state index < -0.39 is 6.04 Å². The van der Waals surface area contributed by atoms with E-state index in [1.165, 1.54) is 0 Å². The van der Waals surface area contributed by atoms with E-state index in [1.54, 1.807) is 12.0 Å². The van der Waals surface area contributed by atoms with Crippen LogP contribution < -0.4 is 14.8 Å². The lowest BCUT2D eigenvalue weighted by atomic mass is 10.0. The number of hydrogen-bond donors (Lipinski definition) is 1. The lowest BCUT2D eigenvalue weighted by Crippen LogP contribution is -2.53. The zero-order valence-corrected chi connectivity index (χ0v) is 24.4. The maximum Gasteiger partial charge on any atom is 0.261 e. The number of hydrogen-bond acceptors (Lipinski definition) is 4. The molecule has 3 aromatic rings. The number of halogens is 1. The number of amides is 2. The summed E-state index contributed by atoms with van der Waals surface area (Å²) >= 11 is 3.57. The maximum atomic E-state index is 13.8. The molecule has 2 atom stereocenters. The molecule has 1 N–H and O–H groups in total. The van der Waals surface area contributed by atoms with Gasteiger partial charge in [0.1, 0.15) is 17.5 Å². The average Bonchev–Trinajstić information content (AvgIpc) is 2.92. The van der Waals surface area contributed by atoms with Crippen LogP contribution in [0.15, 0.2) is 71.2 Å². The molecule has 3 aromatic carbocycles. The normalized spacial score (nSPS) is 12.4. The van der Waals surface area contributed by atoms with Crippen LogP contribution in [0.25, 0.3) is 0 Å². The molecule has 7 heteroatoms. The van der Waals surface area contributed by atoms with E-state index in [2.05, 4.69) is 21.2 Å². The molecule has 0 aliphatic rings. The van der Waals surface area contributed by atoms with Gasteiger partial charge >= 0.3 is 0 Å². The van der Waals surface area contributed by atoms with Gasteiger partial charge in [0.25, 0.3) is 5.91 Å². The highest BCUT2D eigenvalue weighted by molar-refractivity contribution is 9.10. The Labute approximate surface area is 234 Å². The van der Waals surface area contributed by atoms with E-state index in [9.17, 15) is 9.59 Å². The zero-order valence-electron chi connectivity index (χ0n) is 22.8. The number of carbonyl (C=O) groups excluding carboxylic acids is 2. The summed E-state index contributed by atoms with van der Waals surface area (Å²) in [6.07, 6.45) is 1.17. The summed E-state index contributed by atoms with van der Waals surface area (Å²) in [5.41, 5.74) is 3.88. The second-order valence-corrected chi connectivity index (χ2v) is 10.3. The monoisotopic (exact) mass is 580 g/mol. The van der Waals surface area contributed by atoms with Crippen LogP contribution in [0.3, 0.4) is 0 Å². The van der Waals surface area contributed by atoms with Crippen molar-refractivity contribution >= 4 is 27.7 Å². The Morgan fingerprint density at radius 1 is 0.947 bits per heavy atom. The molecule has 0 heterocycles. The molecule has 0 bridgehead atoms. The molecule has 0 saturated heterocycles. The van der Waals surface area contributed by atoms with Crippen molar-refractivity contribution in [1.29, 1.82) is 0 Å². The van der Waals surface area contributed by atoms with Gasteiger partial charge in [-0.05, 0) is 73.7 Å². The quantitative estimate of drug-likeness (QED) is 0.285. The summed E-state index contributed by atoms with van der Waals surface area (Å²) in [7, 11) is 1.61. The number of ether oxygens (including phenoxy) is 2. The molecule has 0 saturated carbocycles. The van der Waals surface area contributed by atoms with Gasteiger partial charge in [-0.2, -0.15) is 0 Å². The fraction of sp³-hybridized carbons (Fsp3) is 0.355. The van der Waals surface area contributed by atoms with Gasteiger partial charge in [-0.1, -0.05) is 65.3 Å². The van der Waals surface area contributed by atoms with E-state index in [4.69, 9.17) is 9.47 Å². The van der Waals surface area contributed by atoms with Crippen LogP contribution >= 0.6 is 15.9 Å². The number of rotatable bonds is 12. The molecule has 0 aliphatic heterocycles. The van der Waals surface area contributed by atoms with Crippen molar-refractivity contribution in [3.63, 3.8) is 0 Å². The second kappa shape index (κ2) is 14.0. The predicted molar refractivity (Wildman–Crippen MR) is 154 cm³/mol. The molecule has 0 radical (unpaired) electrons. The molecular weight excluding hydrogens is 544 g/mol. The molecule has 0 fully saturated rings. The van der Waals surface area contributed by atoms with Gasteiger partial charge < -0.3 is 19.7 Å². The lowest BCUT2D eigenvalue weighted by Gasteiger charge is -2.32. The number of methoxy groups -OCH3 is 1. The van der Waals surface area contributed by atoms with Crippen LogP contribution in [0, 0.1) is 13.8 Å². The van der Waals surface area contributed by atoms with Gasteiger partial charge in [0.05, 0.1) is 7.11 Å². The Kier molecular flexibility index (Phi) is 10.8. The third-order valence-corrected chi connectivity index (χ3v) is 7.78. The summed E-state index contributed by atoms with van der Waals surface area (Å²) in [6.45, 7) is 8.00. The van der Waals surface area contributed by atoms with Crippen LogP contribution in [0.4, 0.5) is 0 Å². The molecule has 0 aromatic heterocycles. The van der Waals surface area contributed by atoms with Crippen molar-refractivity contribution in [2.75, 3.05) is 13.7 Å². The first-order valence-electron chi connectivity index (χ1n) is 12.9. The molecule has 3 rings (SSSR count). The van der Waals surface area contributed by atoms with E-state index >= 15 is 0 Å². The van der Waals surface area contributed by atoms with Gasteiger partial charge in [-0.25, -0.2) is 0 Å². The Morgan fingerprint density at radius 3 is 2.24 bits per heavy atom. The fourth-order valence-corrected chi connectivity index (χ4v) is 4.41. The van der Waals surface area contributed by atoms with Crippen LogP contribution in [0.1, 0.15) is 42.5 Å². The summed E-state index contributed by atoms with van der Waals surface area (Å²) in [4.78, 5) is 29.0. The summed E-state index contributed by atoms with van der Waals surface area (Å²) in [5, 5.41) is 3.08. The largest absolute Gasteiger partial charge is 0.497 e. The molecule has 38 heavy (non-hydrogen) atoms. The van der Waals surface area contributed by atoms with Crippen molar-refractivity contribution in [1.82, 2.24) is 10.2 Å². The smallest absolute Gasteiger partial charge is 0.261 e. The molecule has 2 amide bonds. The number of benzene rings is 3. The van der Waals surface area contributed by atoms with E-state index in [0.717, 1.165) is 33.1 Å². The first kappa shape index (κ1) is 29.2. The average molecular weight is 582 g/mol. The van der Waals surface area contributed by atoms with E-state index in [1.807, 2.05) is 94.4 Å². The SMILES string of the molecule is CC[C@@H](C)NC(=O)[C@H](Cc1ccccc1)N(Cc1cccc(OC)c1)C(=O)COc1cc(C)c(Br)c(C)c1. The third kappa shape index (κ3) is 8.09. The van der Waals surface area contributed by atoms with Gasteiger partial charge in [0, 0.05) is 23.5 Å². The zero-order chi connectivity index (χ0) is 27.7. The number of nitrogens with one attached hydrogen (secondary N) is 1. The first-order valence-corrected chi connectivity index (χ1v) is 13.7. The predicted octanol–water partition coefficient (Wildman–Crippen LogP) is 6.01. The molecule has 0 unspecified atom stereocenters. The molecule has 6 nitrogen and oxygen atoms in total. The minimum absolute atomic E-state index is 0.0143. The minimum Gasteiger partial charge on any atom is -0.497 e. The summed E-state index contributed by atoms with van der Waals surface area (Å²) < 4.78 is 12.4. The molecule has 0 aliphatic carbocycles. The van der Waals surface area contributed by atoms with Crippen LogP contribution in [0.2, 0.25) is 0 Å². The Bertz CT molecular complexity index is 1210. The number of nitrogens with zero attached hydrogens (tertiary/aromatic N) is 1. The lowest BCUT2D eigenvalue weighted by molar-refractivity contribution is -0.143. The van der Waals surface area contributed by atoms with Crippen LogP contribution in [-0.2, 0) is 22.6 Å². The fourth-order valence-electron chi connectivity index (χ4n) is 4.18. The Balaban J connectivity index is 1.94. The maximum absolute atomic E-state index is 13.8. The standard InChI is InChI=1S/C31H37BrN2O4/c1-6-23(4)33-31(36)28(18-24-11-8-7-9-12-24)34(19-25-13-10-14-26(17-25)37-5)29(35)20-38-27-15-21(2)30(32)22(3)16-27/h7-17,23,28H,6,18-20H2,1-5H3,(H,33,36)/t23-,28+/m1/s1. The second-order valence-electron chi connectivity index (χ2n) is 9.56. The van der Waals surface area contributed by atoms with Gasteiger partial charge in [-0.15, -0.1) is 0 Å². The van der Waals surface area contributed by atoms with Crippen molar-refractivity contribution < 1.29 is 19.1 Å². The number of carbonyl (C=O) groups is 2. The minimum atomic E-state index is -0.720. The van der Waals surface area contributed by atoms with Crippen molar-refractivity contribution in [2.45, 2.75) is 59.2 Å². The van der Waals surface area contributed by atoms with Crippen LogP contribution in [-0.4, -0.2) is 42.5 Å². The highest BCUT2D eigenvalue weighted by atomic mass is 79.9. The highest BCUT2D eigenvalue weighted by Crippen LogP contribution is 2.26. The topological polar surface area (TPSA) is 67.9 Å². The van der Waals surface area contributed by atoms with E-state index in [-0.39, 0.29) is 31.0 Å². The molecule has 202 valence electrons. The van der Waals surface area contributed by atoms with Crippen molar-refractivity contribution in [3.8, 4) is 11.5 Å². The highest BCUT2D eigenvalue weighted by Gasteiger charge is 2.31. The first-order chi connectivity index (χ1) is 18.2. The third-order valence-electron chi connectivity index (χ3n) is 6.53. The number of aryl methyl sites for hydroxylation is 2. The van der Waals surface area contributed by atoms with Crippen molar-refractivity contribution in [2.24, 2.45) is 0 Å². The van der Waals surface area contributed by atoms with Crippen LogP contribution in [0.5, 0.6) is 11.5 Å². The molecular formula is C31H37BrN2O4. The summed E-state index contributed by atoms with van der Waals surface area (Å²) in [5.74, 6) is 0.846. The van der Waals surface area contributed by atoms with Gasteiger partial charge in [0.2, 0.25) is 5.91 Å². The van der Waals surface area contributed by atoms with Gasteiger partial charge in [0.15, 0.2) is 6.61 Å². The Hall–Kier alpha value is -3.32.